The van der Waals surface area contributed by atoms with Crippen LogP contribution in [0.4, 0.5) is 0 Å². The summed E-state index contributed by atoms with van der Waals surface area (Å²) in [6.07, 6.45) is 2.63. The highest BCUT2D eigenvalue weighted by molar-refractivity contribution is 4.81. The van der Waals surface area contributed by atoms with Crippen LogP contribution in [0.3, 0.4) is 0 Å². The Balaban J connectivity index is 0. The number of rotatable bonds is 4. The van der Waals surface area contributed by atoms with Gasteiger partial charge in [-0.05, 0) is 37.4 Å². The van der Waals surface area contributed by atoms with Gasteiger partial charge in [0.25, 0.3) is 0 Å². The zero-order chi connectivity index (χ0) is 13.4. The lowest BCUT2D eigenvalue weighted by Crippen LogP contribution is -2.29. The molecule has 0 aromatic heterocycles. The van der Waals surface area contributed by atoms with Crippen molar-refractivity contribution in [3.05, 3.63) is 0 Å². The lowest BCUT2D eigenvalue weighted by atomic mass is 9.67. The Morgan fingerprint density at radius 2 is 1.19 bits per heavy atom. The molecular formula is C15H35N. The fourth-order valence-corrected chi connectivity index (χ4v) is 1.22. The average molecular weight is 229 g/mol. The van der Waals surface area contributed by atoms with Crippen molar-refractivity contribution in [1.82, 2.24) is 4.90 Å². The molecule has 0 aromatic carbocycles. The molecule has 0 bridgehead atoms. The maximum Gasteiger partial charge on any atom is -0.00504 e. The second-order valence-corrected chi connectivity index (χ2v) is 6.37. The summed E-state index contributed by atoms with van der Waals surface area (Å²) in [6, 6.07) is 0. The highest BCUT2D eigenvalue weighted by Gasteiger charge is 2.31. The molecule has 0 aliphatic rings. The minimum Gasteiger partial charge on any atom is -0.307 e. The van der Waals surface area contributed by atoms with Crippen LogP contribution < -0.4 is 0 Å². The summed E-state index contributed by atoms with van der Waals surface area (Å²) in [7, 11) is 2.11. The third kappa shape index (κ3) is 8.15. The fraction of sp³-hybridized carbons (Fsp3) is 1.00. The first-order chi connectivity index (χ1) is 7.12. The quantitative estimate of drug-likeness (QED) is 0.668. The van der Waals surface area contributed by atoms with Gasteiger partial charge in [0.2, 0.25) is 0 Å². The second kappa shape index (κ2) is 8.11. The van der Waals surface area contributed by atoms with Crippen molar-refractivity contribution in [2.45, 2.75) is 68.2 Å². The summed E-state index contributed by atoms with van der Waals surface area (Å²) < 4.78 is 0. The largest absolute Gasteiger partial charge is 0.307 e. The molecule has 0 aromatic rings. The van der Waals surface area contributed by atoms with E-state index in [0.29, 0.717) is 10.8 Å². The van der Waals surface area contributed by atoms with Crippen molar-refractivity contribution in [3.63, 3.8) is 0 Å². The van der Waals surface area contributed by atoms with E-state index in [2.05, 4.69) is 67.3 Å². The minimum absolute atomic E-state index is 0.447. The SMILES string of the molecule is CCCC(C)(C)C(C)(C)C.CCN(C)CC. The van der Waals surface area contributed by atoms with Crippen LogP contribution in [0.2, 0.25) is 0 Å². The van der Waals surface area contributed by atoms with Crippen molar-refractivity contribution in [2.75, 3.05) is 20.1 Å². The zero-order valence-electron chi connectivity index (χ0n) is 13.3. The molecule has 0 rings (SSSR count). The summed E-state index contributed by atoms with van der Waals surface area (Å²) in [5.74, 6) is 0. The number of hydrogen-bond acceptors (Lipinski definition) is 1. The van der Waals surface area contributed by atoms with Gasteiger partial charge in [0.05, 0.1) is 0 Å². The molecule has 100 valence electrons. The Labute approximate surface area is 105 Å². The number of hydrogen-bond donors (Lipinski definition) is 0. The monoisotopic (exact) mass is 229 g/mol. The van der Waals surface area contributed by atoms with Crippen LogP contribution in [-0.4, -0.2) is 25.0 Å². The third-order valence-electron chi connectivity index (χ3n) is 3.98. The van der Waals surface area contributed by atoms with Crippen LogP contribution in [0.15, 0.2) is 0 Å². The fourth-order valence-electron chi connectivity index (χ4n) is 1.22. The van der Waals surface area contributed by atoms with Crippen LogP contribution in [-0.2, 0) is 0 Å². The molecule has 1 nitrogen and oxygen atoms in total. The molecule has 0 unspecified atom stereocenters. The molecule has 0 N–H and O–H groups in total. The maximum absolute atomic E-state index is 2.36. The van der Waals surface area contributed by atoms with Crippen molar-refractivity contribution in [1.29, 1.82) is 0 Å². The topological polar surface area (TPSA) is 3.24 Å². The predicted molar refractivity (Wildman–Crippen MR) is 77.0 cm³/mol. The molecule has 0 aliphatic carbocycles. The first-order valence-electron chi connectivity index (χ1n) is 6.80. The molecule has 0 heterocycles. The van der Waals surface area contributed by atoms with Gasteiger partial charge in [-0.25, -0.2) is 0 Å². The van der Waals surface area contributed by atoms with E-state index in [4.69, 9.17) is 0 Å². The molecule has 0 amide bonds. The van der Waals surface area contributed by atoms with Crippen LogP contribution >= 0.6 is 0 Å². The van der Waals surface area contributed by atoms with Crippen LogP contribution in [0, 0.1) is 10.8 Å². The molecule has 0 aliphatic heterocycles. The van der Waals surface area contributed by atoms with Gasteiger partial charge in [-0.15, -0.1) is 0 Å². The highest BCUT2D eigenvalue weighted by Crippen LogP contribution is 2.41. The lowest BCUT2D eigenvalue weighted by Gasteiger charge is -2.38. The molecular weight excluding hydrogens is 194 g/mol. The standard InChI is InChI=1S/C10H22.C5H13N/c1-7-8-10(5,6)9(2,3)4;1-4-6(3)5-2/h7-8H2,1-6H3;4-5H2,1-3H3. The Hall–Kier alpha value is -0.0400. The van der Waals surface area contributed by atoms with Crippen molar-refractivity contribution in [2.24, 2.45) is 10.8 Å². The second-order valence-electron chi connectivity index (χ2n) is 6.37. The molecule has 0 fully saturated rings. The van der Waals surface area contributed by atoms with Gasteiger partial charge in [-0.1, -0.05) is 61.8 Å². The molecule has 0 atom stereocenters. The molecule has 16 heavy (non-hydrogen) atoms. The molecule has 0 radical (unpaired) electrons. The van der Waals surface area contributed by atoms with Gasteiger partial charge in [-0.2, -0.15) is 0 Å². The van der Waals surface area contributed by atoms with E-state index >= 15 is 0 Å². The Bertz CT molecular complexity index is 149. The first kappa shape index (κ1) is 18.3. The van der Waals surface area contributed by atoms with Crippen molar-refractivity contribution < 1.29 is 0 Å². The Morgan fingerprint density at radius 1 is 0.812 bits per heavy atom. The predicted octanol–water partition coefficient (Wildman–Crippen LogP) is 4.82. The molecule has 0 saturated heterocycles. The van der Waals surface area contributed by atoms with Gasteiger partial charge in [0, 0.05) is 0 Å². The van der Waals surface area contributed by atoms with Gasteiger partial charge < -0.3 is 4.90 Å². The maximum atomic E-state index is 2.36. The van der Waals surface area contributed by atoms with Gasteiger partial charge in [0.15, 0.2) is 0 Å². The highest BCUT2D eigenvalue weighted by atomic mass is 15.1. The smallest absolute Gasteiger partial charge is 0.00504 e. The Morgan fingerprint density at radius 3 is 1.25 bits per heavy atom. The van der Waals surface area contributed by atoms with E-state index < -0.39 is 0 Å². The molecule has 0 spiro atoms. The van der Waals surface area contributed by atoms with E-state index in [-0.39, 0.29) is 0 Å². The third-order valence-corrected chi connectivity index (χ3v) is 3.98. The minimum atomic E-state index is 0.447. The Kier molecular flexibility index (Phi) is 9.29. The summed E-state index contributed by atoms with van der Waals surface area (Å²) in [5, 5.41) is 0. The van der Waals surface area contributed by atoms with E-state index in [0.717, 1.165) is 13.1 Å². The molecule has 1 heteroatoms. The van der Waals surface area contributed by atoms with E-state index in [9.17, 15) is 0 Å². The summed E-state index contributed by atoms with van der Waals surface area (Å²) >= 11 is 0. The normalized spacial score (nSPS) is 12.4. The average Bonchev–Trinajstić information content (AvgIpc) is 2.16. The van der Waals surface area contributed by atoms with Gasteiger partial charge >= 0.3 is 0 Å². The first-order valence-corrected chi connectivity index (χ1v) is 6.80. The summed E-state index contributed by atoms with van der Waals surface area (Å²) in [4.78, 5) is 2.25. The van der Waals surface area contributed by atoms with Crippen molar-refractivity contribution in [3.8, 4) is 0 Å². The van der Waals surface area contributed by atoms with Crippen LogP contribution in [0.1, 0.15) is 68.2 Å². The van der Waals surface area contributed by atoms with E-state index in [1.54, 1.807) is 0 Å². The summed E-state index contributed by atoms with van der Waals surface area (Å²) in [6.45, 7) is 20.6. The molecule has 0 saturated carbocycles. The van der Waals surface area contributed by atoms with Gasteiger partial charge in [0.1, 0.15) is 0 Å². The van der Waals surface area contributed by atoms with Crippen LogP contribution in [0.25, 0.3) is 0 Å². The van der Waals surface area contributed by atoms with Gasteiger partial charge in [-0.3, -0.25) is 0 Å². The van der Waals surface area contributed by atoms with E-state index in [1.165, 1.54) is 12.8 Å². The lowest BCUT2D eigenvalue weighted by molar-refractivity contribution is 0.119. The van der Waals surface area contributed by atoms with Crippen LogP contribution in [0.5, 0.6) is 0 Å². The summed E-state index contributed by atoms with van der Waals surface area (Å²) in [5.41, 5.74) is 0.935. The zero-order valence-corrected chi connectivity index (χ0v) is 13.3. The van der Waals surface area contributed by atoms with Crippen molar-refractivity contribution >= 4 is 0 Å². The number of nitrogens with zero attached hydrogens (tertiary/aromatic N) is 1. The van der Waals surface area contributed by atoms with E-state index in [1.807, 2.05) is 0 Å².